The molecule has 0 aliphatic rings. The molecule has 3 aromatic rings. The summed E-state index contributed by atoms with van der Waals surface area (Å²) in [6.07, 6.45) is 0. The Hall–Kier alpha value is -3.56. The highest BCUT2D eigenvalue weighted by atomic mass is 32.2. The summed E-state index contributed by atoms with van der Waals surface area (Å²) < 4.78 is 43.8. The van der Waals surface area contributed by atoms with Crippen LogP contribution in [0.5, 0.6) is 17.2 Å². The fourth-order valence-corrected chi connectivity index (χ4v) is 4.95. The van der Waals surface area contributed by atoms with Crippen molar-refractivity contribution in [1.29, 1.82) is 0 Å². The molecule has 0 saturated heterocycles. The van der Waals surface area contributed by atoms with Gasteiger partial charge in [-0.3, -0.25) is 4.79 Å². The SMILES string of the molecule is COc1ccc(S(=O)(=O)N(CC(=O)N[C@H](C)c2ccc(OC)c(OC)c2)Cc2ccccc2)cc1. The van der Waals surface area contributed by atoms with E-state index in [4.69, 9.17) is 14.2 Å². The number of benzene rings is 3. The van der Waals surface area contributed by atoms with Gasteiger partial charge >= 0.3 is 0 Å². The Balaban J connectivity index is 1.82. The third kappa shape index (κ3) is 6.52. The summed E-state index contributed by atoms with van der Waals surface area (Å²) in [7, 11) is 0.637. The van der Waals surface area contributed by atoms with Gasteiger partial charge in [-0.25, -0.2) is 8.42 Å². The molecule has 3 rings (SSSR count). The molecule has 0 bridgehead atoms. The van der Waals surface area contributed by atoms with Crippen molar-refractivity contribution in [1.82, 2.24) is 9.62 Å². The molecule has 0 fully saturated rings. The molecule has 186 valence electrons. The highest BCUT2D eigenvalue weighted by molar-refractivity contribution is 7.89. The van der Waals surface area contributed by atoms with Crippen LogP contribution < -0.4 is 19.5 Å². The first-order valence-corrected chi connectivity index (χ1v) is 12.4. The van der Waals surface area contributed by atoms with Gasteiger partial charge in [-0.15, -0.1) is 0 Å². The van der Waals surface area contributed by atoms with Crippen molar-refractivity contribution in [2.45, 2.75) is 24.4 Å². The summed E-state index contributed by atoms with van der Waals surface area (Å²) in [4.78, 5) is 13.1. The lowest BCUT2D eigenvalue weighted by molar-refractivity contribution is -0.122. The largest absolute Gasteiger partial charge is 0.497 e. The quantitative estimate of drug-likeness (QED) is 0.432. The van der Waals surface area contributed by atoms with Crippen LogP contribution in [0.2, 0.25) is 0 Å². The number of carbonyl (C=O) groups excluding carboxylic acids is 1. The Morgan fingerprint density at radius 1 is 0.886 bits per heavy atom. The molecule has 0 aliphatic carbocycles. The van der Waals surface area contributed by atoms with E-state index < -0.39 is 15.9 Å². The Bertz CT molecular complexity index is 1230. The second-order valence-corrected chi connectivity index (χ2v) is 9.78. The van der Waals surface area contributed by atoms with Gasteiger partial charge in [0.1, 0.15) is 5.75 Å². The average molecular weight is 499 g/mol. The van der Waals surface area contributed by atoms with E-state index in [1.807, 2.05) is 43.3 Å². The zero-order valence-electron chi connectivity index (χ0n) is 20.2. The molecular formula is C26H30N2O6S. The maximum atomic E-state index is 13.5. The van der Waals surface area contributed by atoms with E-state index in [0.29, 0.717) is 17.2 Å². The monoisotopic (exact) mass is 498 g/mol. The maximum absolute atomic E-state index is 13.5. The molecule has 1 atom stereocenters. The van der Waals surface area contributed by atoms with Gasteiger partial charge in [0.05, 0.1) is 38.8 Å². The Labute approximate surface area is 206 Å². The molecule has 8 nitrogen and oxygen atoms in total. The molecule has 1 amide bonds. The van der Waals surface area contributed by atoms with Crippen LogP contribution in [0.1, 0.15) is 24.1 Å². The number of nitrogens with one attached hydrogen (secondary N) is 1. The molecule has 0 aliphatic heterocycles. The topological polar surface area (TPSA) is 94.2 Å². The number of ether oxygens (including phenoxy) is 3. The zero-order valence-corrected chi connectivity index (χ0v) is 21.0. The lowest BCUT2D eigenvalue weighted by atomic mass is 10.1. The predicted molar refractivity (Wildman–Crippen MR) is 133 cm³/mol. The van der Waals surface area contributed by atoms with Crippen LogP contribution in [0.25, 0.3) is 0 Å². The van der Waals surface area contributed by atoms with Gasteiger partial charge in [0.15, 0.2) is 11.5 Å². The van der Waals surface area contributed by atoms with E-state index in [2.05, 4.69) is 5.32 Å². The summed E-state index contributed by atoms with van der Waals surface area (Å²) in [5, 5.41) is 2.88. The maximum Gasteiger partial charge on any atom is 0.243 e. The van der Waals surface area contributed by atoms with Crippen LogP contribution >= 0.6 is 0 Å². The summed E-state index contributed by atoms with van der Waals surface area (Å²) in [6, 6.07) is 20.2. The smallest absolute Gasteiger partial charge is 0.243 e. The Morgan fingerprint density at radius 2 is 1.54 bits per heavy atom. The Morgan fingerprint density at radius 3 is 2.14 bits per heavy atom. The molecule has 0 heterocycles. The molecule has 9 heteroatoms. The zero-order chi connectivity index (χ0) is 25.4. The fourth-order valence-electron chi connectivity index (χ4n) is 3.56. The van der Waals surface area contributed by atoms with Gasteiger partial charge in [-0.05, 0) is 54.4 Å². The molecule has 0 aromatic heterocycles. The lowest BCUT2D eigenvalue weighted by Crippen LogP contribution is -2.41. The number of amides is 1. The van der Waals surface area contributed by atoms with Gasteiger partial charge in [-0.1, -0.05) is 36.4 Å². The van der Waals surface area contributed by atoms with Gasteiger partial charge in [-0.2, -0.15) is 4.31 Å². The standard InChI is InChI=1S/C26H30N2O6S/c1-19(21-10-15-24(33-3)25(16-21)34-4)27-26(29)18-28(17-20-8-6-5-7-9-20)35(30,31)23-13-11-22(32-2)12-14-23/h5-16,19H,17-18H2,1-4H3,(H,27,29)/t19-/m1/s1. The van der Waals surface area contributed by atoms with E-state index in [1.54, 1.807) is 31.4 Å². The number of methoxy groups -OCH3 is 3. The van der Waals surface area contributed by atoms with Crippen molar-refractivity contribution in [2.75, 3.05) is 27.9 Å². The van der Waals surface area contributed by atoms with Gasteiger partial charge < -0.3 is 19.5 Å². The van der Waals surface area contributed by atoms with Crippen molar-refractivity contribution < 1.29 is 27.4 Å². The van der Waals surface area contributed by atoms with E-state index in [9.17, 15) is 13.2 Å². The number of nitrogens with zero attached hydrogens (tertiary/aromatic N) is 1. The minimum atomic E-state index is -3.96. The first-order valence-electron chi connectivity index (χ1n) is 11.0. The van der Waals surface area contributed by atoms with Crippen LogP contribution in [0.15, 0.2) is 77.7 Å². The normalized spacial score (nSPS) is 12.1. The van der Waals surface area contributed by atoms with Crippen LogP contribution in [-0.2, 0) is 21.4 Å². The van der Waals surface area contributed by atoms with E-state index in [-0.39, 0.29) is 24.0 Å². The number of carbonyl (C=O) groups is 1. The van der Waals surface area contributed by atoms with E-state index in [1.165, 1.54) is 30.7 Å². The van der Waals surface area contributed by atoms with Crippen molar-refractivity contribution in [3.8, 4) is 17.2 Å². The minimum Gasteiger partial charge on any atom is -0.497 e. The number of hydrogen-bond acceptors (Lipinski definition) is 6. The van der Waals surface area contributed by atoms with Crippen LogP contribution in [-0.4, -0.2) is 46.5 Å². The second-order valence-electron chi connectivity index (χ2n) is 7.84. The van der Waals surface area contributed by atoms with Crippen molar-refractivity contribution >= 4 is 15.9 Å². The second kappa shape index (κ2) is 11.7. The third-order valence-electron chi connectivity index (χ3n) is 5.50. The highest BCUT2D eigenvalue weighted by Gasteiger charge is 2.27. The van der Waals surface area contributed by atoms with Crippen LogP contribution in [0.3, 0.4) is 0 Å². The third-order valence-corrected chi connectivity index (χ3v) is 7.31. The summed E-state index contributed by atoms with van der Waals surface area (Å²) in [5.74, 6) is 1.23. The molecule has 0 spiro atoms. The minimum absolute atomic E-state index is 0.0490. The summed E-state index contributed by atoms with van der Waals surface area (Å²) in [5.41, 5.74) is 1.56. The molecule has 1 N–H and O–H groups in total. The molecule has 35 heavy (non-hydrogen) atoms. The van der Waals surface area contributed by atoms with Gasteiger partial charge in [0, 0.05) is 6.54 Å². The van der Waals surface area contributed by atoms with Crippen LogP contribution in [0.4, 0.5) is 0 Å². The number of sulfonamides is 1. The van der Waals surface area contributed by atoms with Crippen molar-refractivity contribution in [3.63, 3.8) is 0 Å². The van der Waals surface area contributed by atoms with Crippen molar-refractivity contribution in [2.24, 2.45) is 0 Å². The number of rotatable bonds is 11. The fraction of sp³-hybridized carbons (Fsp3) is 0.269. The van der Waals surface area contributed by atoms with Gasteiger partial charge in [0.25, 0.3) is 0 Å². The summed E-state index contributed by atoms with van der Waals surface area (Å²) >= 11 is 0. The molecule has 0 radical (unpaired) electrons. The van der Waals surface area contributed by atoms with Gasteiger partial charge in [0.2, 0.25) is 15.9 Å². The number of hydrogen-bond donors (Lipinski definition) is 1. The molecule has 3 aromatic carbocycles. The molecular weight excluding hydrogens is 468 g/mol. The van der Waals surface area contributed by atoms with Crippen molar-refractivity contribution in [3.05, 3.63) is 83.9 Å². The van der Waals surface area contributed by atoms with E-state index >= 15 is 0 Å². The molecule has 0 saturated carbocycles. The first-order chi connectivity index (χ1) is 16.8. The summed E-state index contributed by atoms with van der Waals surface area (Å²) in [6.45, 7) is 1.52. The van der Waals surface area contributed by atoms with Crippen LogP contribution in [0, 0.1) is 0 Å². The lowest BCUT2D eigenvalue weighted by Gasteiger charge is -2.23. The average Bonchev–Trinajstić information content (AvgIpc) is 2.88. The Kier molecular flexibility index (Phi) is 8.73. The molecule has 0 unspecified atom stereocenters. The first kappa shape index (κ1) is 26.1. The highest BCUT2D eigenvalue weighted by Crippen LogP contribution is 2.30. The predicted octanol–water partition coefficient (Wildman–Crippen LogP) is 3.78. The van der Waals surface area contributed by atoms with E-state index in [0.717, 1.165) is 11.1 Å².